The lowest BCUT2D eigenvalue weighted by Gasteiger charge is -2.28. The maximum atomic E-state index is 12.6. The van der Waals surface area contributed by atoms with Crippen LogP contribution in [-0.4, -0.2) is 28.3 Å². The number of hydrogen-bond acceptors (Lipinski definition) is 7. The van der Waals surface area contributed by atoms with E-state index in [1.54, 1.807) is 12.1 Å². The monoisotopic (exact) mass is 626 g/mol. The van der Waals surface area contributed by atoms with E-state index in [1.807, 2.05) is 25.1 Å². The third-order valence-electron chi connectivity index (χ3n) is 7.76. The summed E-state index contributed by atoms with van der Waals surface area (Å²) < 4.78 is 28.5. The van der Waals surface area contributed by atoms with E-state index in [1.165, 1.54) is 96.3 Å². The molecule has 242 valence electrons. The highest BCUT2D eigenvalue weighted by Crippen LogP contribution is 2.30. The van der Waals surface area contributed by atoms with Gasteiger partial charge < -0.3 is 19.3 Å². The predicted octanol–water partition coefficient (Wildman–Crippen LogP) is 10.4. The van der Waals surface area contributed by atoms with Gasteiger partial charge in [-0.1, -0.05) is 160 Å². The van der Waals surface area contributed by atoms with E-state index >= 15 is 0 Å². The number of carbonyl (C=O) groups is 1. The molecule has 0 spiro atoms. The Hall–Kier alpha value is -0.980. The average molecular weight is 627 g/mol. The lowest BCUT2D eigenvalue weighted by atomic mass is 9.91. The quantitative estimate of drug-likeness (QED) is 0.0317. The minimum Gasteiger partial charge on any atom is -0.456 e. The van der Waals surface area contributed by atoms with Crippen LogP contribution in [-0.2, 0) is 30.2 Å². The zero-order valence-electron chi connectivity index (χ0n) is 26.6. The van der Waals surface area contributed by atoms with Gasteiger partial charge in [0, 0.05) is 0 Å². The van der Waals surface area contributed by atoms with Crippen molar-refractivity contribution in [2.75, 3.05) is 0 Å². The first-order valence-electron chi connectivity index (χ1n) is 16.7. The molecule has 4 atom stereocenters. The third-order valence-corrected chi connectivity index (χ3v) is 8.63. The number of esters is 1. The van der Waals surface area contributed by atoms with E-state index in [0.29, 0.717) is 12.3 Å². The Morgan fingerprint density at radius 2 is 1.33 bits per heavy atom. The predicted molar refractivity (Wildman–Crippen MR) is 176 cm³/mol. The Bertz CT molecular complexity index is 797. The van der Waals surface area contributed by atoms with Crippen LogP contribution in [0.25, 0.3) is 0 Å². The van der Waals surface area contributed by atoms with Crippen molar-refractivity contribution in [2.24, 2.45) is 5.92 Å². The molecule has 0 saturated heterocycles. The van der Waals surface area contributed by atoms with Crippen molar-refractivity contribution in [3.8, 4) is 0 Å². The van der Waals surface area contributed by atoms with Gasteiger partial charge >= 0.3 is 11.5 Å². The van der Waals surface area contributed by atoms with Gasteiger partial charge in [0.25, 0.3) is 0 Å². The van der Waals surface area contributed by atoms with Crippen LogP contribution in [0.5, 0.6) is 0 Å². The smallest absolute Gasteiger partial charge is 0.380 e. The Labute approximate surface area is 263 Å². The Balaban J connectivity index is 2.59. The molecule has 0 fully saturated rings. The van der Waals surface area contributed by atoms with Crippen molar-refractivity contribution in [1.82, 2.24) is 0 Å². The number of hydrogen-bond donors (Lipinski definition) is 2. The second-order valence-electron chi connectivity index (χ2n) is 11.6. The van der Waals surface area contributed by atoms with Gasteiger partial charge in [-0.3, -0.25) is 4.57 Å². The summed E-state index contributed by atoms with van der Waals surface area (Å²) in [5, 5.41) is 10.7. The van der Waals surface area contributed by atoms with Crippen LogP contribution < -0.4 is 0 Å². The summed E-state index contributed by atoms with van der Waals surface area (Å²) in [6, 6.07) is 9.08. The zero-order chi connectivity index (χ0) is 30.9. The van der Waals surface area contributed by atoms with E-state index in [2.05, 4.69) is 13.8 Å². The second kappa shape index (κ2) is 25.4. The van der Waals surface area contributed by atoms with E-state index in [9.17, 15) is 14.5 Å². The number of aliphatic hydroxyl groups is 1. The molecule has 1 rings (SSSR count). The fraction of sp³-hybridized carbons (Fsp3) is 0.794. The van der Waals surface area contributed by atoms with Crippen molar-refractivity contribution in [2.45, 2.75) is 167 Å². The molecule has 0 bridgehead atoms. The fourth-order valence-electron chi connectivity index (χ4n) is 5.17. The molecular formula is C34H59O6PS. The highest BCUT2D eigenvalue weighted by Gasteiger charge is 2.43. The summed E-state index contributed by atoms with van der Waals surface area (Å²) in [6.45, 7) is 6.26. The molecule has 0 aromatic heterocycles. The number of rotatable bonds is 28. The average Bonchev–Trinajstić information content (AvgIpc) is 3.00. The summed E-state index contributed by atoms with van der Waals surface area (Å²) in [7, 11) is -0.907. The topological polar surface area (TPSA) is 82.1 Å². The Kier molecular flexibility index (Phi) is 23.6. The first-order chi connectivity index (χ1) is 20.4. The lowest BCUT2D eigenvalue weighted by Crippen LogP contribution is -2.42. The molecule has 0 aliphatic rings. The third kappa shape index (κ3) is 18.6. The summed E-state index contributed by atoms with van der Waals surface area (Å²) in [5.74, 6) is -0.625. The highest BCUT2D eigenvalue weighted by molar-refractivity contribution is 7.80. The molecule has 1 N–H and O–H groups in total. The second-order valence-corrected chi connectivity index (χ2v) is 12.9. The first-order valence-corrected chi connectivity index (χ1v) is 18.0. The molecule has 6 nitrogen and oxygen atoms in total. The Morgan fingerprint density at radius 1 is 0.833 bits per heavy atom. The molecule has 0 heterocycles. The molecule has 0 saturated carbocycles. The largest absolute Gasteiger partial charge is 0.456 e. The number of ether oxygens (including phenoxy) is 3. The van der Waals surface area contributed by atoms with E-state index in [-0.39, 0.29) is 6.61 Å². The van der Waals surface area contributed by atoms with Gasteiger partial charge in [0.05, 0.1) is 0 Å². The van der Waals surface area contributed by atoms with Crippen LogP contribution in [0.1, 0.15) is 148 Å². The van der Waals surface area contributed by atoms with Crippen LogP contribution in [0.2, 0.25) is 0 Å². The van der Waals surface area contributed by atoms with Gasteiger partial charge in [-0.05, 0) is 24.3 Å². The van der Waals surface area contributed by atoms with Gasteiger partial charge in [0.15, 0.2) is 6.29 Å². The molecule has 0 radical (unpaired) electrons. The summed E-state index contributed by atoms with van der Waals surface area (Å²) in [6.07, 6.45) is 21.9. The van der Waals surface area contributed by atoms with Gasteiger partial charge in [0.1, 0.15) is 12.0 Å². The standard InChI is InChI=1S/C34H59O6PS/c1-4-7-9-11-13-15-17-20-24-29(23-19-16-14-12-10-8-5-2)27-32(42)39-31(6-3)40-34(36,41-37)33(35)38-28-30-25-21-18-22-26-30/h18,21-22,25-26,29,31-32,36,42H,4-17,19-20,23-24,27-28H2,1-3H3. The summed E-state index contributed by atoms with van der Waals surface area (Å²) in [5.41, 5.74) is -2.32. The molecule has 1 aromatic rings. The van der Waals surface area contributed by atoms with Crippen LogP contribution in [0.4, 0.5) is 0 Å². The molecule has 8 heteroatoms. The van der Waals surface area contributed by atoms with Gasteiger partial charge in [0.2, 0.25) is 8.46 Å². The molecule has 4 unspecified atom stereocenters. The highest BCUT2D eigenvalue weighted by atomic mass is 32.1. The van der Waals surface area contributed by atoms with E-state index in [0.717, 1.165) is 24.8 Å². The van der Waals surface area contributed by atoms with Crippen molar-refractivity contribution in [1.29, 1.82) is 0 Å². The lowest BCUT2D eigenvalue weighted by molar-refractivity contribution is -0.259. The Morgan fingerprint density at radius 3 is 1.81 bits per heavy atom. The maximum Gasteiger partial charge on any atom is 0.380 e. The van der Waals surface area contributed by atoms with Crippen molar-refractivity contribution in [3.05, 3.63) is 35.9 Å². The molecular weight excluding hydrogens is 567 g/mol. The minimum absolute atomic E-state index is 0.0628. The van der Waals surface area contributed by atoms with Crippen molar-refractivity contribution >= 4 is 27.1 Å². The number of unbranched alkanes of at least 4 members (excludes halogenated alkanes) is 13. The van der Waals surface area contributed by atoms with E-state index in [4.69, 9.17) is 26.8 Å². The first kappa shape index (κ1) is 39.0. The molecule has 0 amide bonds. The number of benzene rings is 1. The van der Waals surface area contributed by atoms with Gasteiger partial charge in [-0.2, -0.15) is 0 Å². The molecule has 0 aliphatic heterocycles. The van der Waals surface area contributed by atoms with Crippen LogP contribution in [0.3, 0.4) is 0 Å². The number of thiol groups is 1. The number of carbonyl (C=O) groups excluding carboxylic acids is 1. The van der Waals surface area contributed by atoms with Crippen LogP contribution in [0, 0.1) is 5.92 Å². The molecule has 42 heavy (non-hydrogen) atoms. The normalized spacial score (nSPS) is 15.3. The van der Waals surface area contributed by atoms with Gasteiger partial charge in [-0.15, -0.1) is 12.6 Å². The van der Waals surface area contributed by atoms with Crippen molar-refractivity contribution in [3.63, 3.8) is 0 Å². The molecule has 0 aliphatic carbocycles. The van der Waals surface area contributed by atoms with Gasteiger partial charge in [-0.25, -0.2) is 4.79 Å². The fourth-order valence-corrected chi connectivity index (χ4v) is 5.90. The van der Waals surface area contributed by atoms with Crippen LogP contribution in [0.15, 0.2) is 30.3 Å². The molecule has 1 aromatic carbocycles. The summed E-state index contributed by atoms with van der Waals surface area (Å²) in [4.78, 5) is 12.6. The zero-order valence-corrected chi connectivity index (χ0v) is 28.4. The van der Waals surface area contributed by atoms with E-state index < -0.39 is 31.7 Å². The minimum atomic E-state index is -2.64. The maximum absolute atomic E-state index is 12.6. The SMILES string of the molecule is CCCCCCCCCCC(CCCCCCCCC)CC(S)OC(CC)OC(O)(P=O)C(=O)OCc1ccccc1. The summed E-state index contributed by atoms with van der Waals surface area (Å²) >= 11 is 4.71. The van der Waals surface area contributed by atoms with Crippen LogP contribution >= 0.6 is 21.1 Å². The van der Waals surface area contributed by atoms with Crippen molar-refractivity contribution < 1.29 is 28.7 Å².